The zero-order valence-corrected chi connectivity index (χ0v) is 11.7. The number of hydrogen-bond acceptors (Lipinski definition) is 7. The largest absolute Gasteiger partial charge is 0.479 e. The molecule has 2 rings (SSSR count). The summed E-state index contributed by atoms with van der Waals surface area (Å²) in [4.78, 5) is 21.7. The van der Waals surface area contributed by atoms with Crippen molar-refractivity contribution in [3.63, 3.8) is 0 Å². The Labute approximate surface area is 130 Å². The van der Waals surface area contributed by atoms with E-state index in [2.05, 4.69) is 5.32 Å². The standard InChI is InChI=1S/C13H16N2O8/c14-13(21)15-5-1-3-6(4-2-5)22-12-9(18)7(16)8(17)10(23-12)11(19)20/h1-4,7-10,12,16-18H,(H,19,20)(H3,14,15,21)/t7-,8-,9+,10-,12+/m0/s1. The van der Waals surface area contributed by atoms with Crippen molar-refractivity contribution in [2.24, 2.45) is 5.73 Å². The van der Waals surface area contributed by atoms with E-state index in [1.165, 1.54) is 24.3 Å². The monoisotopic (exact) mass is 328 g/mol. The molecule has 7 N–H and O–H groups in total. The van der Waals surface area contributed by atoms with Gasteiger partial charge in [0.05, 0.1) is 0 Å². The number of primary amides is 1. The Hall–Kier alpha value is -2.40. The van der Waals surface area contributed by atoms with Crippen molar-refractivity contribution < 1.29 is 39.5 Å². The van der Waals surface area contributed by atoms with E-state index >= 15 is 0 Å². The second-order valence-corrected chi connectivity index (χ2v) is 4.87. The molecular formula is C13H16N2O8. The van der Waals surface area contributed by atoms with Crippen LogP contribution >= 0.6 is 0 Å². The summed E-state index contributed by atoms with van der Waals surface area (Å²) in [6, 6.07) is 4.99. The van der Waals surface area contributed by atoms with Gasteiger partial charge in [-0.2, -0.15) is 0 Å². The number of amides is 2. The van der Waals surface area contributed by atoms with Crippen molar-refractivity contribution in [3.8, 4) is 5.75 Å². The van der Waals surface area contributed by atoms with Crippen LogP contribution in [-0.2, 0) is 9.53 Å². The molecule has 0 unspecified atom stereocenters. The molecule has 1 heterocycles. The predicted octanol–water partition coefficient (Wildman–Crippen LogP) is -1.55. The zero-order valence-electron chi connectivity index (χ0n) is 11.7. The van der Waals surface area contributed by atoms with Crippen LogP contribution in [-0.4, -0.2) is 63.1 Å². The fourth-order valence-electron chi connectivity index (χ4n) is 2.04. The lowest BCUT2D eigenvalue weighted by atomic mass is 9.99. The van der Waals surface area contributed by atoms with Gasteiger partial charge in [0, 0.05) is 5.69 Å². The molecule has 0 aliphatic carbocycles. The van der Waals surface area contributed by atoms with Crippen molar-refractivity contribution in [2.45, 2.75) is 30.7 Å². The molecular weight excluding hydrogens is 312 g/mol. The number of rotatable bonds is 4. The highest BCUT2D eigenvalue weighted by Crippen LogP contribution is 2.25. The second kappa shape index (κ2) is 6.79. The van der Waals surface area contributed by atoms with Gasteiger partial charge in [0.2, 0.25) is 6.29 Å². The van der Waals surface area contributed by atoms with E-state index in [1.54, 1.807) is 0 Å². The molecule has 2 amide bonds. The third-order valence-corrected chi connectivity index (χ3v) is 3.19. The fraction of sp³-hybridized carbons (Fsp3) is 0.385. The van der Waals surface area contributed by atoms with E-state index in [-0.39, 0.29) is 5.75 Å². The van der Waals surface area contributed by atoms with Crippen LogP contribution in [0.4, 0.5) is 10.5 Å². The number of aliphatic hydroxyl groups is 3. The predicted molar refractivity (Wildman–Crippen MR) is 74.6 cm³/mol. The molecule has 0 aromatic heterocycles. The summed E-state index contributed by atoms with van der Waals surface area (Å²) in [5.41, 5.74) is 5.36. The maximum atomic E-state index is 11.0. The number of benzene rings is 1. The Morgan fingerprint density at radius 1 is 1.09 bits per heavy atom. The molecule has 1 aliphatic heterocycles. The Morgan fingerprint density at radius 2 is 1.70 bits per heavy atom. The van der Waals surface area contributed by atoms with Gasteiger partial charge in [0.15, 0.2) is 6.10 Å². The number of urea groups is 1. The molecule has 1 aliphatic rings. The normalized spacial score (nSPS) is 30.5. The van der Waals surface area contributed by atoms with E-state index < -0.39 is 42.7 Å². The fourth-order valence-corrected chi connectivity index (χ4v) is 2.04. The number of aliphatic hydroxyl groups excluding tert-OH is 3. The average Bonchev–Trinajstić information content (AvgIpc) is 2.48. The Morgan fingerprint density at radius 3 is 2.22 bits per heavy atom. The first-order valence-electron chi connectivity index (χ1n) is 6.55. The minimum Gasteiger partial charge on any atom is -0.479 e. The third-order valence-electron chi connectivity index (χ3n) is 3.19. The van der Waals surface area contributed by atoms with Gasteiger partial charge in [-0.25, -0.2) is 9.59 Å². The number of carboxylic acids is 1. The van der Waals surface area contributed by atoms with E-state index in [1.807, 2.05) is 0 Å². The van der Waals surface area contributed by atoms with Crippen LogP contribution in [0.2, 0.25) is 0 Å². The molecule has 1 saturated heterocycles. The first-order valence-corrected chi connectivity index (χ1v) is 6.55. The topological polar surface area (TPSA) is 172 Å². The first kappa shape index (κ1) is 17.0. The van der Waals surface area contributed by atoms with Crippen LogP contribution in [0.15, 0.2) is 24.3 Å². The maximum absolute atomic E-state index is 11.0. The molecule has 0 radical (unpaired) electrons. The first-order chi connectivity index (χ1) is 10.8. The number of carboxylic acid groups (broad SMARTS) is 1. The van der Waals surface area contributed by atoms with Gasteiger partial charge in [-0.3, -0.25) is 0 Å². The number of ether oxygens (including phenoxy) is 2. The summed E-state index contributed by atoms with van der Waals surface area (Å²) in [5.74, 6) is -1.32. The maximum Gasteiger partial charge on any atom is 0.335 e. The Balaban J connectivity index is 2.08. The zero-order chi connectivity index (χ0) is 17.1. The smallest absolute Gasteiger partial charge is 0.335 e. The van der Waals surface area contributed by atoms with Crippen molar-refractivity contribution >= 4 is 17.7 Å². The van der Waals surface area contributed by atoms with Gasteiger partial charge in [-0.05, 0) is 24.3 Å². The van der Waals surface area contributed by atoms with Crippen molar-refractivity contribution in [1.82, 2.24) is 0 Å². The number of carbonyl (C=O) groups excluding carboxylic acids is 1. The summed E-state index contributed by atoms with van der Waals surface area (Å²) in [5, 5.41) is 40.3. The lowest BCUT2D eigenvalue weighted by molar-refractivity contribution is -0.271. The number of carbonyl (C=O) groups is 2. The van der Waals surface area contributed by atoms with Crippen molar-refractivity contribution in [2.75, 3.05) is 5.32 Å². The van der Waals surface area contributed by atoms with Crippen LogP contribution < -0.4 is 15.8 Å². The van der Waals surface area contributed by atoms with Crippen LogP contribution in [0.25, 0.3) is 0 Å². The summed E-state index contributed by atoms with van der Waals surface area (Å²) in [7, 11) is 0. The molecule has 126 valence electrons. The van der Waals surface area contributed by atoms with E-state index in [4.69, 9.17) is 20.3 Å². The average molecular weight is 328 g/mol. The van der Waals surface area contributed by atoms with Gasteiger partial charge >= 0.3 is 12.0 Å². The highest BCUT2D eigenvalue weighted by atomic mass is 16.7. The van der Waals surface area contributed by atoms with E-state index in [0.717, 1.165) is 0 Å². The second-order valence-electron chi connectivity index (χ2n) is 4.87. The van der Waals surface area contributed by atoms with Gasteiger partial charge in [0.25, 0.3) is 0 Å². The highest BCUT2D eigenvalue weighted by molar-refractivity contribution is 5.87. The summed E-state index contributed by atoms with van der Waals surface area (Å²) >= 11 is 0. The number of aliphatic carboxylic acids is 1. The third kappa shape index (κ3) is 3.87. The molecule has 0 saturated carbocycles. The number of anilines is 1. The molecule has 10 nitrogen and oxygen atoms in total. The molecule has 1 aromatic rings. The molecule has 0 bridgehead atoms. The van der Waals surface area contributed by atoms with Gasteiger partial charge < -0.3 is 41.0 Å². The molecule has 23 heavy (non-hydrogen) atoms. The lowest BCUT2D eigenvalue weighted by Crippen LogP contribution is -2.61. The van der Waals surface area contributed by atoms with Crippen LogP contribution in [0.1, 0.15) is 0 Å². The van der Waals surface area contributed by atoms with Crippen LogP contribution in [0.3, 0.4) is 0 Å². The minimum absolute atomic E-state index is 0.178. The van der Waals surface area contributed by atoms with Gasteiger partial charge in [-0.1, -0.05) is 0 Å². The lowest BCUT2D eigenvalue weighted by Gasteiger charge is -2.38. The van der Waals surface area contributed by atoms with E-state index in [0.29, 0.717) is 5.69 Å². The molecule has 10 heteroatoms. The molecule has 5 atom stereocenters. The highest BCUT2D eigenvalue weighted by Gasteiger charge is 2.48. The molecule has 1 aromatic carbocycles. The van der Waals surface area contributed by atoms with Gasteiger partial charge in [-0.15, -0.1) is 0 Å². The quantitative estimate of drug-likeness (QED) is 0.385. The summed E-state index contributed by atoms with van der Waals surface area (Å²) in [6.45, 7) is 0. The van der Waals surface area contributed by atoms with Crippen LogP contribution in [0.5, 0.6) is 5.75 Å². The van der Waals surface area contributed by atoms with Gasteiger partial charge in [0.1, 0.15) is 24.1 Å². The van der Waals surface area contributed by atoms with Crippen molar-refractivity contribution in [3.05, 3.63) is 24.3 Å². The Bertz CT molecular complexity index is 578. The molecule has 0 spiro atoms. The SMILES string of the molecule is NC(=O)Nc1ccc(O[C@@H]2O[C@H](C(=O)O)[C@@H](O)[C@H](O)[C@H]2O)cc1. The molecule has 1 fully saturated rings. The Kier molecular flexibility index (Phi) is 5.01. The summed E-state index contributed by atoms with van der Waals surface area (Å²) < 4.78 is 10.2. The number of nitrogens with two attached hydrogens (primary N) is 1. The van der Waals surface area contributed by atoms with E-state index in [9.17, 15) is 24.9 Å². The number of nitrogens with one attached hydrogen (secondary N) is 1. The number of hydrogen-bond donors (Lipinski definition) is 6. The minimum atomic E-state index is -1.79. The van der Waals surface area contributed by atoms with Crippen molar-refractivity contribution in [1.29, 1.82) is 0 Å². The van der Waals surface area contributed by atoms with Crippen LogP contribution in [0, 0.1) is 0 Å². The summed E-state index contributed by atoms with van der Waals surface area (Å²) in [6.07, 6.45) is -8.42.